The number of fused-ring (bicyclic) bond motifs is 1. The van der Waals surface area contributed by atoms with E-state index in [0.29, 0.717) is 5.82 Å². The molecule has 0 radical (unpaired) electrons. The Morgan fingerprint density at radius 3 is 2.75 bits per heavy atom. The molecular weight excluding hydrogens is 198 g/mol. The molecule has 1 aromatic heterocycles. The first-order valence-corrected chi connectivity index (χ1v) is 5.43. The first kappa shape index (κ1) is 10.9. The van der Waals surface area contributed by atoms with Gasteiger partial charge in [-0.25, -0.2) is 4.98 Å². The molecule has 16 heavy (non-hydrogen) atoms. The Balaban J connectivity index is 2.78. The summed E-state index contributed by atoms with van der Waals surface area (Å²) < 4.78 is 0. The number of nitrogens with zero attached hydrogens (tertiary/aromatic N) is 1. The van der Waals surface area contributed by atoms with Crippen molar-refractivity contribution in [3.63, 3.8) is 0 Å². The first-order valence-electron chi connectivity index (χ1n) is 5.43. The van der Waals surface area contributed by atoms with Crippen LogP contribution in [0.25, 0.3) is 10.8 Å². The topological polar surface area (TPSA) is 50.9 Å². The Kier molecular flexibility index (Phi) is 2.79. The van der Waals surface area contributed by atoms with Crippen LogP contribution in [-0.4, -0.2) is 12.0 Å². The summed E-state index contributed by atoms with van der Waals surface area (Å²) in [6.07, 6.45) is 1.77. The van der Waals surface area contributed by atoms with Crippen molar-refractivity contribution in [1.82, 2.24) is 10.3 Å². The summed E-state index contributed by atoms with van der Waals surface area (Å²) in [7, 11) is 1.96. The van der Waals surface area contributed by atoms with Gasteiger partial charge in [0.1, 0.15) is 5.82 Å². The highest BCUT2D eigenvalue weighted by Gasteiger charge is 2.08. The van der Waals surface area contributed by atoms with E-state index in [1.165, 1.54) is 22.1 Å². The fourth-order valence-corrected chi connectivity index (χ4v) is 2.18. The van der Waals surface area contributed by atoms with E-state index in [-0.39, 0.29) is 0 Å². The smallest absolute Gasteiger partial charge is 0.131 e. The van der Waals surface area contributed by atoms with Gasteiger partial charge in [-0.2, -0.15) is 0 Å². The molecule has 0 spiro atoms. The molecule has 1 aromatic carbocycles. The standard InChI is InChI=1S/C13H17N3/c1-8-6-11-10(4-5-16-13(11)14)9(2)12(8)7-15-3/h4-6,15H,7H2,1-3H3,(H2,14,16). The van der Waals surface area contributed by atoms with Crippen LogP contribution in [0.3, 0.4) is 0 Å². The summed E-state index contributed by atoms with van der Waals surface area (Å²) in [6.45, 7) is 5.14. The maximum Gasteiger partial charge on any atom is 0.131 e. The van der Waals surface area contributed by atoms with E-state index in [9.17, 15) is 0 Å². The fraction of sp³-hybridized carbons (Fsp3) is 0.308. The lowest BCUT2D eigenvalue weighted by molar-refractivity contribution is 0.808. The van der Waals surface area contributed by atoms with E-state index in [0.717, 1.165) is 11.9 Å². The van der Waals surface area contributed by atoms with E-state index in [2.05, 4.69) is 30.2 Å². The number of pyridine rings is 1. The van der Waals surface area contributed by atoms with Gasteiger partial charge in [-0.3, -0.25) is 0 Å². The molecule has 0 aliphatic heterocycles. The molecule has 0 aliphatic rings. The van der Waals surface area contributed by atoms with Gasteiger partial charge in [0, 0.05) is 18.1 Å². The molecule has 1 heterocycles. The van der Waals surface area contributed by atoms with Crippen molar-refractivity contribution >= 4 is 16.6 Å². The molecule has 0 fully saturated rings. The highest BCUT2D eigenvalue weighted by molar-refractivity contribution is 5.94. The van der Waals surface area contributed by atoms with Gasteiger partial charge in [0.15, 0.2) is 0 Å². The second kappa shape index (κ2) is 4.10. The van der Waals surface area contributed by atoms with Gasteiger partial charge in [-0.15, -0.1) is 0 Å². The van der Waals surface area contributed by atoms with Gasteiger partial charge in [0.2, 0.25) is 0 Å². The van der Waals surface area contributed by atoms with Crippen LogP contribution in [0, 0.1) is 13.8 Å². The second-order valence-corrected chi connectivity index (χ2v) is 4.12. The SMILES string of the molecule is CNCc1c(C)cc2c(N)nccc2c1C. The predicted octanol–water partition coefficient (Wildman–Crippen LogP) is 2.15. The van der Waals surface area contributed by atoms with Gasteiger partial charge < -0.3 is 11.1 Å². The summed E-state index contributed by atoms with van der Waals surface area (Å²) in [5.74, 6) is 0.611. The Labute approximate surface area is 95.7 Å². The third-order valence-corrected chi connectivity index (χ3v) is 3.07. The number of aryl methyl sites for hydroxylation is 2. The molecule has 2 rings (SSSR count). The zero-order valence-electron chi connectivity index (χ0n) is 9.96. The average molecular weight is 215 g/mol. The third kappa shape index (κ3) is 1.63. The van der Waals surface area contributed by atoms with Crippen molar-refractivity contribution in [2.24, 2.45) is 0 Å². The first-order chi connectivity index (χ1) is 7.65. The van der Waals surface area contributed by atoms with Gasteiger partial charge in [-0.05, 0) is 55.1 Å². The molecule has 2 aromatic rings. The van der Waals surface area contributed by atoms with E-state index < -0.39 is 0 Å². The maximum atomic E-state index is 5.89. The van der Waals surface area contributed by atoms with E-state index in [4.69, 9.17) is 5.73 Å². The molecule has 84 valence electrons. The quantitative estimate of drug-likeness (QED) is 0.807. The molecule has 0 saturated carbocycles. The van der Waals surface area contributed by atoms with Crippen LogP contribution < -0.4 is 11.1 Å². The van der Waals surface area contributed by atoms with Crippen LogP contribution in [0.4, 0.5) is 5.82 Å². The largest absolute Gasteiger partial charge is 0.383 e. The van der Waals surface area contributed by atoms with Crippen LogP contribution in [0.15, 0.2) is 18.3 Å². The number of rotatable bonds is 2. The lowest BCUT2D eigenvalue weighted by Gasteiger charge is -2.13. The number of nitrogens with two attached hydrogens (primary N) is 1. The summed E-state index contributed by atoms with van der Waals surface area (Å²) in [5.41, 5.74) is 9.79. The van der Waals surface area contributed by atoms with E-state index in [1.807, 2.05) is 13.1 Å². The summed E-state index contributed by atoms with van der Waals surface area (Å²) in [5, 5.41) is 5.45. The molecule has 3 N–H and O–H groups in total. The highest BCUT2D eigenvalue weighted by atomic mass is 14.8. The molecule has 3 heteroatoms. The van der Waals surface area contributed by atoms with E-state index >= 15 is 0 Å². The monoisotopic (exact) mass is 215 g/mol. The van der Waals surface area contributed by atoms with Gasteiger partial charge in [0.05, 0.1) is 0 Å². The minimum Gasteiger partial charge on any atom is -0.383 e. The van der Waals surface area contributed by atoms with Crippen LogP contribution in [-0.2, 0) is 6.54 Å². The van der Waals surface area contributed by atoms with Gasteiger partial charge in [0.25, 0.3) is 0 Å². The zero-order chi connectivity index (χ0) is 11.7. The van der Waals surface area contributed by atoms with Crippen molar-refractivity contribution < 1.29 is 0 Å². The number of aromatic nitrogens is 1. The van der Waals surface area contributed by atoms with Crippen molar-refractivity contribution in [2.45, 2.75) is 20.4 Å². The molecular formula is C13H17N3. The number of nitrogen functional groups attached to an aromatic ring is 1. The van der Waals surface area contributed by atoms with Crippen molar-refractivity contribution in [3.05, 3.63) is 35.0 Å². The Hall–Kier alpha value is -1.61. The van der Waals surface area contributed by atoms with Crippen molar-refractivity contribution in [1.29, 1.82) is 0 Å². The average Bonchev–Trinajstić information content (AvgIpc) is 2.26. The fourth-order valence-electron chi connectivity index (χ4n) is 2.18. The minimum absolute atomic E-state index is 0.611. The zero-order valence-corrected chi connectivity index (χ0v) is 9.96. The number of nitrogens with one attached hydrogen (secondary N) is 1. The van der Waals surface area contributed by atoms with Gasteiger partial charge >= 0.3 is 0 Å². The number of hydrogen-bond donors (Lipinski definition) is 2. The van der Waals surface area contributed by atoms with Crippen LogP contribution in [0.5, 0.6) is 0 Å². The lowest BCUT2D eigenvalue weighted by atomic mass is 9.96. The number of hydrogen-bond acceptors (Lipinski definition) is 3. The molecule has 0 unspecified atom stereocenters. The molecule has 3 nitrogen and oxygen atoms in total. The van der Waals surface area contributed by atoms with Crippen LogP contribution >= 0.6 is 0 Å². The summed E-state index contributed by atoms with van der Waals surface area (Å²) in [6, 6.07) is 4.15. The Morgan fingerprint density at radius 2 is 2.06 bits per heavy atom. The molecule has 0 aliphatic carbocycles. The van der Waals surface area contributed by atoms with Crippen molar-refractivity contribution in [2.75, 3.05) is 12.8 Å². The summed E-state index contributed by atoms with van der Waals surface area (Å²) in [4.78, 5) is 4.13. The number of benzene rings is 1. The molecule has 0 amide bonds. The van der Waals surface area contributed by atoms with Crippen LogP contribution in [0.2, 0.25) is 0 Å². The van der Waals surface area contributed by atoms with E-state index in [1.54, 1.807) is 6.20 Å². The molecule has 0 bridgehead atoms. The second-order valence-electron chi connectivity index (χ2n) is 4.12. The Morgan fingerprint density at radius 1 is 1.31 bits per heavy atom. The lowest BCUT2D eigenvalue weighted by Crippen LogP contribution is -2.09. The minimum atomic E-state index is 0.611. The van der Waals surface area contributed by atoms with Crippen molar-refractivity contribution in [3.8, 4) is 0 Å². The normalized spacial score (nSPS) is 10.9. The summed E-state index contributed by atoms with van der Waals surface area (Å²) >= 11 is 0. The Bertz CT molecular complexity index is 532. The number of anilines is 1. The third-order valence-electron chi connectivity index (χ3n) is 3.07. The predicted molar refractivity (Wildman–Crippen MR) is 68.4 cm³/mol. The maximum absolute atomic E-state index is 5.89. The molecule has 0 saturated heterocycles. The molecule has 0 atom stereocenters. The van der Waals surface area contributed by atoms with Crippen LogP contribution in [0.1, 0.15) is 16.7 Å². The van der Waals surface area contributed by atoms with Gasteiger partial charge in [-0.1, -0.05) is 0 Å². The highest BCUT2D eigenvalue weighted by Crippen LogP contribution is 2.27.